The first-order valence-corrected chi connectivity index (χ1v) is 6.28. The van der Waals surface area contributed by atoms with Crippen LogP contribution in [0.15, 0.2) is 30.3 Å². The van der Waals surface area contributed by atoms with Gasteiger partial charge in [0.05, 0.1) is 18.5 Å². The number of amides is 2. The maximum absolute atomic E-state index is 13.5. The third kappa shape index (κ3) is 3.30. The molecule has 2 N–H and O–H groups in total. The highest BCUT2D eigenvalue weighted by atomic mass is 19.2. The molecule has 0 heterocycles. The molecular weight excluding hydrogens is 297 g/mol. The average molecular weight is 310 g/mol. The highest BCUT2D eigenvalue weighted by Gasteiger charge is 2.16. The van der Waals surface area contributed by atoms with Gasteiger partial charge in [-0.15, -0.1) is 0 Å². The molecule has 7 heteroatoms. The molecular formula is C15H13F3N2O2. The van der Waals surface area contributed by atoms with Gasteiger partial charge in [0.25, 0.3) is 0 Å². The predicted octanol–water partition coefficient (Wildman–Crippen LogP) is 4.06. The Balaban J connectivity index is 2.17. The third-order valence-electron chi connectivity index (χ3n) is 2.89. The van der Waals surface area contributed by atoms with E-state index >= 15 is 0 Å². The zero-order valence-electron chi connectivity index (χ0n) is 11.8. The molecule has 0 atom stereocenters. The molecule has 0 radical (unpaired) electrons. The van der Waals surface area contributed by atoms with Gasteiger partial charge in [-0.05, 0) is 36.8 Å². The highest BCUT2D eigenvalue weighted by molar-refractivity contribution is 6.00. The Morgan fingerprint density at radius 3 is 2.36 bits per heavy atom. The lowest BCUT2D eigenvalue weighted by Gasteiger charge is -2.12. The Kier molecular flexibility index (Phi) is 4.55. The number of aryl methyl sites for hydroxylation is 1. The Morgan fingerprint density at radius 1 is 1.00 bits per heavy atom. The van der Waals surface area contributed by atoms with Crippen molar-refractivity contribution in [2.24, 2.45) is 0 Å². The molecule has 2 amide bonds. The summed E-state index contributed by atoms with van der Waals surface area (Å²) in [4.78, 5) is 11.8. The van der Waals surface area contributed by atoms with Gasteiger partial charge in [-0.1, -0.05) is 6.07 Å². The van der Waals surface area contributed by atoms with Crippen LogP contribution in [0.2, 0.25) is 0 Å². The number of rotatable bonds is 3. The number of benzene rings is 2. The molecule has 2 aromatic carbocycles. The molecule has 0 unspecified atom stereocenters. The van der Waals surface area contributed by atoms with Crippen LogP contribution in [-0.2, 0) is 0 Å². The Labute approximate surface area is 124 Å². The van der Waals surface area contributed by atoms with E-state index in [9.17, 15) is 18.0 Å². The number of anilines is 2. The first-order chi connectivity index (χ1) is 10.4. The van der Waals surface area contributed by atoms with Crippen molar-refractivity contribution in [3.8, 4) is 5.75 Å². The van der Waals surface area contributed by atoms with E-state index in [1.807, 2.05) is 6.92 Å². The zero-order chi connectivity index (χ0) is 16.3. The fraction of sp³-hybridized carbons (Fsp3) is 0.133. The fourth-order valence-electron chi connectivity index (χ4n) is 1.82. The van der Waals surface area contributed by atoms with E-state index in [4.69, 9.17) is 4.74 Å². The van der Waals surface area contributed by atoms with Gasteiger partial charge >= 0.3 is 6.03 Å². The van der Waals surface area contributed by atoms with Crippen LogP contribution in [0.1, 0.15) is 5.56 Å². The molecule has 0 aliphatic rings. The lowest BCUT2D eigenvalue weighted by molar-refractivity contribution is 0.262. The normalized spacial score (nSPS) is 10.2. The van der Waals surface area contributed by atoms with Crippen molar-refractivity contribution in [1.82, 2.24) is 0 Å². The van der Waals surface area contributed by atoms with Gasteiger partial charge < -0.3 is 15.4 Å². The van der Waals surface area contributed by atoms with E-state index in [0.29, 0.717) is 11.4 Å². The van der Waals surface area contributed by atoms with Crippen molar-refractivity contribution in [2.45, 2.75) is 6.92 Å². The third-order valence-corrected chi connectivity index (χ3v) is 2.89. The standard InChI is InChI=1S/C15H13F3N2O2/c1-8-3-6-12(22-2)11(7-8)20-15(21)19-10-5-4-9(16)13(17)14(10)18/h3-7H,1-2H3,(H2,19,20,21). The smallest absolute Gasteiger partial charge is 0.323 e. The monoisotopic (exact) mass is 310 g/mol. The Bertz CT molecular complexity index is 720. The number of nitrogens with one attached hydrogen (secondary N) is 2. The summed E-state index contributed by atoms with van der Waals surface area (Å²) in [5.41, 5.74) is 0.765. The second kappa shape index (κ2) is 6.38. The summed E-state index contributed by atoms with van der Waals surface area (Å²) in [6.07, 6.45) is 0. The van der Waals surface area contributed by atoms with Gasteiger partial charge in [-0.3, -0.25) is 0 Å². The van der Waals surface area contributed by atoms with Gasteiger partial charge in [0, 0.05) is 0 Å². The minimum absolute atomic E-state index is 0.364. The summed E-state index contributed by atoms with van der Waals surface area (Å²) in [7, 11) is 1.43. The first-order valence-electron chi connectivity index (χ1n) is 6.28. The number of halogens is 3. The minimum Gasteiger partial charge on any atom is -0.495 e. The van der Waals surface area contributed by atoms with E-state index in [0.717, 1.165) is 17.7 Å². The maximum atomic E-state index is 13.5. The van der Waals surface area contributed by atoms with Gasteiger partial charge in [-0.2, -0.15) is 0 Å². The molecule has 0 bridgehead atoms. The molecule has 0 saturated heterocycles. The van der Waals surface area contributed by atoms with E-state index in [1.54, 1.807) is 18.2 Å². The molecule has 4 nitrogen and oxygen atoms in total. The summed E-state index contributed by atoms with van der Waals surface area (Å²) in [6.45, 7) is 1.82. The zero-order valence-corrected chi connectivity index (χ0v) is 11.8. The number of carbonyl (C=O) groups excluding carboxylic acids is 1. The molecule has 2 rings (SSSR count). The topological polar surface area (TPSA) is 50.4 Å². The summed E-state index contributed by atoms with van der Waals surface area (Å²) in [5.74, 6) is -4.03. The van der Waals surface area contributed by atoms with Gasteiger partial charge in [0.2, 0.25) is 0 Å². The van der Waals surface area contributed by atoms with E-state index in [-0.39, 0.29) is 0 Å². The van der Waals surface area contributed by atoms with Crippen molar-refractivity contribution < 1.29 is 22.7 Å². The maximum Gasteiger partial charge on any atom is 0.323 e. The van der Waals surface area contributed by atoms with E-state index in [2.05, 4.69) is 10.6 Å². The van der Waals surface area contributed by atoms with Crippen LogP contribution in [-0.4, -0.2) is 13.1 Å². The summed E-state index contributed by atoms with van der Waals surface area (Å²) >= 11 is 0. The molecule has 22 heavy (non-hydrogen) atoms. The number of carbonyl (C=O) groups is 1. The number of hydrogen-bond donors (Lipinski definition) is 2. The molecule has 0 spiro atoms. The summed E-state index contributed by atoms with van der Waals surface area (Å²) < 4.78 is 44.5. The van der Waals surface area contributed by atoms with Gasteiger partial charge in [0.1, 0.15) is 5.75 Å². The van der Waals surface area contributed by atoms with Crippen LogP contribution in [0.3, 0.4) is 0 Å². The Hall–Kier alpha value is -2.70. The lowest BCUT2D eigenvalue weighted by Crippen LogP contribution is -2.21. The fourth-order valence-corrected chi connectivity index (χ4v) is 1.82. The van der Waals surface area contributed by atoms with Crippen molar-refractivity contribution in [3.63, 3.8) is 0 Å². The number of urea groups is 1. The first kappa shape index (κ1) is 15.7. The SMILES string of the molecule is COc1ccc(C)cc1NC(=O)Nc1ccc(F)c(F)c1F. The second-order valence-electron chi connectivity index (χ2n) is 4.51. The highest BCUT2D eigenvalue weighted by Crippen LogP contribution is 2.26. The minimum atomic E-state index is -1.65. The molecule has 0 aliphatic heterocycles. The number of ether oxygens (including phenoxy) is 1. The number of hydrogen-bond acceptors (Lipinski definition) is 2. The van der Waals surface area contributed by atoms with Crippen LogP contribution in [0.5, 0.6) is 5.75 Å². The van der Waals surface area contributed by atoms with Crippen molar-refractivity contribution >= 4 is 17.4 Å². The molecule has 0 aromatic heterocycles. The average Bonchev–Trinajstić information content (AvgIpc) is 2.48. The number of methoxy groups -OCH3 is 1. The molecule has 0 aliphatic carbocycles. The quantitative estimate of drug-likeness (QED) is 0.840. The van der Waals surface area contributed by atoms with Crippen molar-refractivity contribution in [1.29, 1.82) is 0 Å². The lowest BCUT2D eigenvalue weighted by atomic mass is 10.2. The molecule has 0 saturated carbocycles. The van der Waals surface area contributed by atoms with Crippen LogP contribution in [0.25, 0.3) is 0 Å². The van der Waals surface area contributed by atoms with Crippen LogP contribution in [0.4, 0.5) is 29.3 Å². The van der Waals surface area contributed by atoms with Crippen molar-refractivity contribution in [3.05, 3.63) is 53.3 Å². The molecule has 2 aromatic rings. The van der Waals surface area contributed by atoms with Gasteiger partial charge in [0.15, 0.2) is 17.5 Å². The van der Waals surface area contributed by atoms with Crippen molar-refractivity contribution in [2.75, 3.05) is 17.7 Å². The van der Waals surface area contributed by atoms with Crippen LogP contribution in [0, 0.1) is 24.4 Å². The summed E-state index contributed by atoms with van der Waals surface area (Å²) in [6, 6.07) is 5.94. The summed E-state index contributed by atoms with van der Waals surface area (Å²) in [5, 5.41) is 4.56. The molecule has 0 fully saturated rings. The van der Waals surface area contributed by atoms with Crippen LogP contribution < -0.4 is 15.4 Å². The largest absolute Gasteiger partial charge is 0.495 e. The van der Waals surface area contributed by atoms with Gasteiger partial charge in [-0.25, -0.2) is 18.0 Å². The van der Waals surface area contributed by atoms with E-state index < -0.39 is 29.2 Å². The predicted molar refractivity (Wildman–Crippen MR) is 76.7 cm³/mol. The van der Waals surface area contributed by atoms with E-state index in [1.165, 1.54) is 7.11 Å². The molecule has 116 valence electrons. The van der Waals surface area contributed by atoms with Crippen LogP contribution >= 0.6 is 0 Å². The Morgan fingerprint density at radius 2 is 1.68 bits per heavy atom. The second-order valence-corrected chi connectivity index (χ2v) is 4.51.